The zero-order valence-electron chi connectivity index (χ0n) is 17.5. The summed E-state index contributed by atoms with van der Waals surface area (Å²) >= 11 is 1.44. The SMILES string of the molecule is COc1cnc2c(-c3nc4cc(F)c5c(c4s3)C[C@H](CN(C)C(=O)O)O5)cc(C)cc2n1. The van der Waals surface area contributed by atoms with Gasteiger partial charge < -0.3 is 19.5 Å². The third kappa shape index (κ3) is 3.36. The van der Waals surface area contributed by atoms with Crippen LogP contribution in [0.4, 0.5) is 9.18 Å². The maximum Gasteiger partial charge on any atom is 0.407 e. The van der Waals surface area contributed by atoms with Crippen molar-refractivity contribution in [2.45, 2.75) is 19.4 Å². The first-order chi connectivity index (χ1) is 15.3. The van der Waals surface area contributed by atoms with Gasteiger partial charge in [0.25, 0.3) is 0 Å². The lowest BCUT2D eigenvalue weighted by atomic mass is 10.1. The monoisotopic (exact) mass is 454 g/mol. The summed E-state index contributed by atoms with van der Waals surface area (Å²) in [5.41, 5.74) is 4.43. The number of likely N-dealkylation sites (N-methyl/N-ethyl adjacent to an activating group) is 1. The molecule has 10 heteroatoms. The average molecular weight is 454 g/mol. The van der Waals surface area contributed by atoms with E-state index >= 15 is 0 Å². The molecule has 2 aromatic carbocycles. The van der Waals surface area contributed by atoms with Crippen molar-refractivity contribution in [1.82, 2.24) is 19.9 Å². The Morgan fingerprint density at radius 1 is 1.34 bits per heavy atom. The van der Waals surface area contributed by atoms with Gasteiger partial charge in [0.05, 0.1) is 41.1 Å². The van der Waals surface area contributed by atoms with Gasteiger partial charge in [0.1, 0.15) is 11.1 Å². The second kappa shape index (κ2) is 7.56. The fraction of sp³-hybridized carbons (Fsp3) is 0.273. The Kier molecular flexibility index (Phi) is 4.81. The molecule has 0 fully saturated rings. The molecule has 3 heterocycles. The number of amides is 1. The Morgan fingerprint density at radius 2 is 2.16 bits per heavy atom. The number of fused-ring (bicyclic) bond motifs is 4. The molecule has 8 nitrogen and oxygen atoms in total. The first-order valence-electron chi connectivity index (χ1n) is 9.88. The summed E-state index contributed by atoms with van der Waals surface area (Å²) < 4.78 is 26.6. The Morgan fingerprint density at radius 3 is 2.91 bits per heavy atom. The number of ether oxygens (including phenoxy) is 2. The molecule has 5 rings (SSSR count). The number of rotatable bonds is 4. The molecular weight excluding hydrogens is 435 g/mol. The molecule has 2 aromatic heterocycles. The highest BCUT2D eigenvalue weighted by Gasteiger charge is 2.31. The molecule has 164 valence electrons. The maximum atomic E-state index is 14.8. The fourth-order valence-electron chi connectivity index (χ4n) is 3.94. The van der Waals surface area contributed by atoms with Crippen molar-refractivity contribution in [1.29, 1.82) is 0 Å². The molecule has 32 heavy (non-hydrogen) atoms. The molecule has 0 aliphatic carbocycles. The first-order valence-corrected chi connectivity index (χ1v) is 10.7. The van der Waals surface area contributed by atoms with Crippen molar-refractivity contribution in [3.8, 4) is 22.2 Å². The summed E-state index contributed by atoms with van der Waals surface area (Å²) in [5, 5.41) is 9.83. The standard InChI is InChI=1S/C22H19FN4O4S/c1-10-4-12(18-15(5-10)25-17(30-3)8-24-18)21-26-16-7-14(23)19-13(20(16)32-21)6-11(31-19)9-27(2)22(28)29/h4-5,7-8,11H,6,9H2,1-3H3,(H,28,29)/t11-/m1/s1. The highest BCUT2D eigenvalue weighted by atomic mass is 32.1. The maximum absolute atomic E-state index is 14.8. The quantitative estimate of drug-likeness (QED) is 0.492. The van der Waals surface area contributed by atoms with Gasteiger partial charge in [0.2, 0.25) is 5.88 Å². The fourth-order valence-corrected chi connectivity index (χ4v) is 5.05. The molecule has 0 radical (unpaired) electrons. The van der Waals surface area contributed by atoms with Crippen LogP contribution in [0.25, 0.3) is 31.8 Å². The lowest BCUT2D eigenvalue weighted by Crippen LogP contribution is -2.35. The van der Waals surface area contributed by atoms with Crippen LogP contribution in [0.15, 0.2) is 24.4 Å². The Bertz CT molecular complexity index is 1390. The minimum atomic E-state index is -1.06. The van der Waals surface area contributed by atoms with Gasteiger partial charge in [0.15, 0.2) is 11.6 Å². The van der Waals surface area contributed by atoms with Crippen LogP contribution in [0.3, 0.4) is 0 Å². The Hall–Kier alpha value is -3.53. The van der Waals surface area contributed by atoms with E-state index < -0.39 is 18.0 Å². The molecule has 4 aromatic rings. The number of halogens is 1. The van der Waals surface area contributed by atoms with Crippen molar-refractivity contribution < 1.29 is 23.8 Å². The minimum absolute atomic E-state index is 0.149. The number of hydrogen-bond acceptors (Lipinski definition) is 7. The summed E-state index contributed by atoms with van der Waals surface area (Å²) in [4.78, 5) is 26.0. The summed E-state index contributed by atoms with van der Waals surface area (Å²) in [6.45, 7) is 2.11. The van der Waals surface area contributed by atoms with E-state index in [-0.39, 0.29) is 12.3 Å². The lowest BCUT2D eigenvalue weighted by Gasteiger charge is -2.17. The van der Waals surface area contributed by atoms with E-state index in [9.17, 15) is 9.18 Å². The molecule has 1 aliphatic rings. The molecule has 0 spiro atoms. The van der Waals surface area contributed by atoms with Gasteiger partial charge in [-0.1, -0.05) is 0 Å². The third-order valence-electron chi connectivity index (χ3n) is 5.41. The number of thiazole rings is 1. The van der Waals surface area contributed by atoms with Crippen LogP contribution in [-0.4, -0.2) is 57.9 Å². The van der Waals surface area contributed by atoms with Crippen LogP contribution < -0.4 is 9.47 Å². The molecule has 0 saturated heterocycles. The third-order valence-corrected chi connectivity index (χ3v) is 6.57. The lowest BCUT2D eigenvalue weighted by molar-refractivity contribution is 0.127. The topological polar surface area (TPSA) is 97.7 Å². The van der Waals surface area contributed by atoms with Gasteiger partial charge in [-0.25, -0.2) is 24.1 Å². The van der Waals surface area contributed by atoms with Crippen LogP contribution in [-0.2, 0) is 6.42 Å². The number of hydrogen-bond donors (Lipinski definition) is 1. The molecule has 0 saturated carbocycles. The van der Waals surface area contributed by atoms with Crippen molar-refractivity contribution in [3.63, 3.8) is 0 Å². The summed E-state index contributed by atoms with van der Waals surface area (Å²) in [5.74, 6) is 0.103. The highest BCUT2D eigenvalue weighted by molar-refractivity contribution is 7.22. The Labute approximate surface area is 186 Å². The van der Waals surface area contributed by atoms with Crippen LogP contribution in [0.2, 0.25) is 0 Å². The molecule has 1 atom stereocenters. The van der Waals surface area contributed by atoms with E-state index in [2.05, 4.69) is 15.0 Å². The summed E-state index contributed by atoms with van der Waals surface area (Å²) in [6.07, 6.45) is 0.465. The van der Waals surface area contributed by atoms with Crippen LogP contribution in [0.5, 0.6) is 11.6 Å². The zero-order valence-corrected chi connectivity index (χ0v) is 18.4. The van der Waals surface area contributed by atoms with Crippen molar-refractivity contribution in [2.24, 2.45) is 0 Å². The number of nitrogens with zero attached hydrogens (tertiary/aromatic N) is 4. The van der Waals surface area contributed by atoms with E-state index in [1.807, 2.05) is 19.1 Å². The van der Waals surface area contributed by atoms with Crippen LogP contribution >= 0.6 is 11.3 Å². The van der Waals surface area contributed by atoms with Gasteiger partial charge in [-0.3, -0.25) is 0 Å². The smallest absolute Gasteiger partial charge is 0.407 e. The predicted molar refractivity (Wildman–Crippen MR) is 118 cm³/mol. The van der Waals surface area contributed by atoms with E-state index in [4.69, 9.17) is 14.6 Å². The highest BCUT2D eigenvalue weighted by Crippen LogP contribution is 2.43. The number of carboxylic acid groups (broad SMARTS) is 1. The summed E-state index contributed by atoms with van der Waals surface area (Å²) in [7, 11) is 3.00. The molecule has 0 unspecified atom stereocenters. The predicted octanol–water partition coefficient (Wildman–Crippen LogP) is 4.28. The van der Waals surface area contributed by atoms with Crippen molar-refractivity contribution >= 4 is 38.7 Å². The zero-order chi connectivity index (χ0) is 22.6. The number of carbonyl (C=O) groups is 1. The molecule has 0 bridgehead atoms. The average Bonchev–Trinajstić information content (AvgIpc) is 3.36. The minimum Gasteiger partial charge on any atom is -0.485 e. The van der Waals surface area contributed by atoms with E-state index in [1.54, 1.807) is 13.3 Å². The van der Waals surface area contributed by atoms with Gasteiger partial charge in [0, 0.05) is 30.7 Å². The van der Waals surface area contributed by atoms with Crippen molar-refractivity contribution in [3.05, 3.63) is 41.3 Å². The molecule has 1 aliphatic heterocycles. The van der Waals surface area contributed by atoms with Gasteiger partial charge in [-0.2, -0.15) is 0 Å². The van der Waals surface area contributed by atoms with Crippen molar-refractivity contribution in [2.75, 3.05) is 20.7 Å². The van der Waals surface area contributed by atoms with Crippen LogP contribution in [0, 0.1) is 12.7 Å². The number of aromatic nitrogens is 3. The van der Waals surface area contributed by atoms with Crippen LogP contribution in [0.1, 0.15) is 11.1 Å². The first kappa shape index (κ1) is 20.4. The number of aryl methyl sites for hydroxylation is 1. The summed E-state index contributed by atoms with van der Waals surface area (Å²) in [6, 6.07) is 5.28. The molecular formula is C22H19FN4O4S. The van der Waals surface area contributed by atoms with E-state index in [0.717, 1.165) is 26.3 Å². The second-order valence-corrected chi connectivity index (χ2v) is 8.73. The van der Waals surface area contributed by atoms with Gasteiger partial charge >= 0.3 is 6.09 Å². The van der Waals surface area contributed by atoms with Gasteiger partial charge in [-0.05, 0) is 24.6 Å². The normalized spacial score (nSPS) is 15.1. The second-order valence-electron chi connectivity index (χ2n) is 7.73. The molecule has 1 amide bonds. The molecule has 1 N–H and O–H groups in total. The Balaban J connectivity index is 1.60. The van der Waals surface area contributed by atoms with E-state index in [1.165, 1.54) is 24.5 Å². The largest absolute Gasteiger partial charge is 0.485 e. The van der Waals surface area contributed by atoms with Gasteiger partial charge in [-0.15, -0.1) is 11.3 Å². The number of benzene rings is 2. The van der Waals surface area contributed by atoms with E-state index in [0.29, 0.717) is 33.9 Å². The number of methoxy groups -OCH3 is 1.